The summed E-state index contributed by atoms with van der Waals surface area (Å²) >= 11 is 3.45. The van der Waals surface area contributed by atoms with Gasteiger partial charge in [0.25, 0.3) is 0 Å². The molecule has 98 valence electrons. The fourth-order valence-corrected chi connectivity index (χ4v) is 2.02. The molecule has 1 aromatic rings. The van der Waals surface area contributed by atoms with Crippen molar-refractivity contribution < 1.29 is 9.90 Å². The van der Waals surface area contributed by atoms with Gasteiger partial charge in [0.1, 0.15) is 0 Å². The summed E-state index contributed by atoms with van der Waals surface area (Å²) in [5.74, 6) is -0.150. The number of benzene rings is 1. The Morgan fingerprint density at radius 2 is 2.28 bits per heavy atom. The van der Waals surface area contributed by atoms with E-state index in [0.717, 1.165) is 10.0 Å². The first-order valence-corrected chi connectivity index (χ1v) is 6.68. The SMILES string of the molecule is Cc1ccc(C=CC(=O)NCCC(C)O)c(Br)c1. The van der Waals surface area contributed by atoms with Crippen molar-refractivity contribution >= 4 is 27.9 Å². The maximum Gasteiger partial charge on any atom is 0.244 e. The standard InChI is InChI=1S/C14H18BrNO2/c1-10-3-4-12(13(15)9-10)5-6-14(18)16-8-7-11(2)17/h3-6,9,11,17H,7-8H2,1-2H3,(H,16,18). The van der Waals surface area contributed by atoms with Crippen LogP contribution in [0.3, 0.4) is 0 Å². The molecule has 0 fully saturated rings. The van der Waals surface area contributed by atoms with E-state index in [-0.39, 0.29) is 12.0 Å². The third kappa shape index (κ3) is 5.47. The number of aliphatic hydroxyl groups is 1. The molecule has 0 aromatic heterocycles. The second kappa shape index (κ2) is 7.34. The van der Waals surface area contributed by atoms with E-state index in [9.17, 15) is 4.79 Å². The highest BCUT2D eigenvalue weighted by atomic mass is 79.9. The molecular weight excluding hydrogens is 294 g/mol. The average Bonchev–Trinajstić information content (AvgIpc) is 2.27. The largest absolute Gasteiger partial charge is 0.393 e. The Hall–Kier alpha value is -1.13. The van der Waals surface area contributed by atoms with Crippen molar-refractivity contribution in [1.29, 1.82) is 0 Å². The van der Waals surface area contributed by atoms with Gasteiger partial charge in [-0.05, 0) is 43.5 Å². The Morgan fingerprint density at radius 3 is 2.89 bits per heavy atom. The summed E-state index contributed by atoms with van der Waals surface area (Å²) in [5, 5.41) is 11.8. The van der Waals surface area contributed by atoms with Gasteiger partial charge < -0.3 is 10.4 Å². The Balaban J connectivity index is 2.50. The van der Waals surface area contributed by atoms with Crippen LogP contribution in [0.2, 0.25) is 0 Å². The van der Waals surface area contributed by atoms with Crippen LogP contribution >= 0.6 is 15.9 Å². The smallest absolute Gasteiger partial charge is 0.244 e. The number of aryl methyl sites for hydroxylation is 1. The second-order valence-electron chi connectivity index (χ2n) is 4.29. The number of carbonyl (C=O) groups excluding carboxylic acids is 1. The van der Waals surface area contributed by atoms with Crippen LogP contribution in [0.25, 0.3) is 6.08 Å². The topological polar surface area (TPSA) is 49.3 Å². The molecule has 0 aliphatic rings. The van der Waals surface area contributed by atoms with E-state index in [2.05, 4.69) is 21.2 Å². The lowest BCUT2D eigenvalue weighted by Crippen LogP contribution is -2.24. The van der Waals surface area contributed by atoms with Crippen molar-refractivity contribution in [3.8, 4) is 0 Å². The van der Waals surface area contributed by atoms with Gasteiger partial charge in [-0.25, -0.2) is 0 Å². The summed E-state index contributed by atoms with van der Waals surface area (Å²) in [4.78, 5) is 11.5. The number of carbonyl (C=O) groups is 1. The van der Waals surface area contributed by atoms with Crippen molar-refractivity contribution in [3.63, 3.8) is 0 Å². The van der Waals surface area contributed by atoms with Gasteiger partial charge in [0.05, 0.1) is 6.10 Å². The zero-order chi connectivity index (χ0) is 13.5. The van der Waals surface area contributed by atoms with Crippen LogP contribution in [0.5, 0.6) is 0 Å². The summed E-state index contributed by atoms with van der Waals surface area (Å²) < 4.78 is 0.968. The number of amides is 1. The van der Waals surface area contributed by atoms with E-state index >= 15 is 0 Å². The lowest BCUT2D eigenvalue weighted by Gasteiger charge is -2.04. The van der Waals surface area contributed by atoms with E-state index in [0.29, 0.717) is 13.0 Å². The van der Waals surface area contributed by atoms with Gasteiger partial charge in [-0.3, -0.25) is 4.79 Å². The molecule has 0 aliphatic heterocycles. The maximum atomic E-state index is 11.5. The number of hydrogen-bond acceptors (Lipinski definition) is 2. The monoisotopic (exact) mass is 311 g/mol. The maximum absolute atomic E-state index is 11.5. The van der Waals surface area contributed by atoms with Crippen LogP contribution in [0.1, 0.15) is 24.5 Å². The van der Waals surface area contributed by atoms with E-state index in [1.165, 1.54) is 11.6 Å². The van der Waals surface area contributed by atoms with Gasteiger partial charge in [0, 0.05) is 17.1 Å². The minimum Gasteiger partial charge on any atom is -0.393 e. The van der Waals surface area contributed by atoms with Crippen molar-refractivity contribution in [2.24, 2.45) is 0 Å². The first-order valence-electron chi connectivity index (χ1n) is 5.89. The second-order valence-corrected chi connectivity index (χ2v) is 5.14. The molecule has 0 bridgehead atoms. The van der Waals surface area contributed by atoms with Crippen LogP contribution in [0.15, 0.2) is 28.7 Å². The molecule has 18 heavy (non-hydrogen) atoms. The predicted octanol–water partition coefficient (Wildman–Crippen LogP) is 2.66. The Morgan fingerprint density at radius 1 is 1.56 bits per heavy atom. The molecule has 1 aromatic carbocycles. The third-order valence-corrected chi connectivity index (χ3v) is 3.12. The van der Waals surface area contributed by atoms with Crippen LogP contribution < -0.4 is 5.32 Å². The number of halogens is 1. The van der Waals surface area contributed by atoms with Crippen LogP contribution in [0.4, 0.5) is 0 Å². The highest BCUT2D eigenvalue weighted by Gasteiger charge is 1.99. The molecule has 0 aliphatic carbocycles. The van der Waals surface area contributed by atoms with E-state index in [1.54, 1.807) is 13.0 Å². The van der Waals surface area contributed by atoms with E-state index in [4.69, 9.17) is 5.11 Å². The summed E-state index contributed by atoms with van der Waals surface area (Å²) in [7, 11) is 0. The number of aliphatic hydroxyl groups excluding tert-OH is 1. The van der Waals surface area contributed by atoms with E-state index in [1.807, 2.05) is 25.1 Å². The van der Waals surface area contributed by atoms with Crippen molar-refractivity contribution in [2.45, 2.75) is 26.4 Å². The minimum atomic E-state index is -0.388. The zero-order valence-electron chi connectivity index (χ0n) is 10.6. The van der Waals surface area contributed by atoms with Gasteiger partial charge in [-0.15, -0.1) is 0 Å². The van der Waals surface area contributed by atoms with Gasteiger partial charge in [0.15, 0.2) is 0 Å². The molecule has 2 N–H and O–H groups in total. The van der Waals surface area contributed by atoms with Crippen LogP contribution in [-0.4, -0.2) is 23.7 Å². The molecule has 4 heteroatoms. The van der Waals surface area contributed by atoms with E-state index < -0.39 is 0 Å². The molecule has 1 amide bonds. The van der Waals surface area contributed by atoms with Gasteiger partial charge in [0.2, 0.25) is 5.91 Å². The molecule has 0 heterocycles. The van der Waals surface area contributed by atoms with Crippen LogP contribution in [0, 0.1) is 6.92 Å². The summed E-state index contributed by atoms with van der Waals surface area (Å²) in [6, 6.07) is 5.96. The molecular formula is C14H18BrNO2. The summed E-state index contributed by atoms with van der Waals surface area (Å²) in [6.45, 7) is 4.20. The fraction of sp³-hybridized carbons (Fsp3) is 0.357. The molecule has 1 rings (SSSR count). The van der Waals surface area contributed by atoms with Crippen molar-refractivity contribution in [1.82, 2.24) is 5.32 Å². The van der Waals surface area contributed by atoms with Crippen molar-refractivity contribution in [2.75, 3.05) is 6.54 Å². The lowest BCUT2D eigenvalue weighted by atomic mass is 10.1. The molecule has 0 spiro atoms. The molecule has 0 saturated carbocycles. The Bertz CT molecular complexity index is 441. The molecule has 0 radical (unpaired) electrons. The Kier molecular flexibility index (Phi) is 6.09. The summed E-state index contributed by atoms with van der Waals surface area (Å²) in [6.07, 6.45) is 3.44. The fourth-order valence-electron chi connectivity index (χ4n) is 1.40. The van der Waals surface area contributed by atoms with Crippen LogP contribution in [-0.2, 0) is 4.79 Å². The van der Waals surface area contributed by atoms with Gasteiger partial charge >= 0.3 is 0 Å². The first kappa shape index (κ1) is 14.9. The quantitative estimate of drug-likeness (QED) is 0.821. The summed E-state index contributed by atoms with van der Waals surface area (Å²) in [5.41, 5.74) is 2.13. The minimum absolute atomic E-state index is 0.150. The molecule has 1 unspecified atom stereocenters. The third-order valence-electron chi connectivity index (χ3n) is 2.43. The molecule has 3 nitrogen and oxygen atoms in total. The number of hydrogen-bond donors (Lipinski definition) is 2. The van der Waals surface area contributed by atoms with Crippen molar-refractivity contribution in [3.05, 3.63) is 39.9 Å². The lowest BCUT2D eigenvalue weighted by molar-refractivity contribution is -0.116. The zero-order valence-corrected chi connectivity index (χ0v) is 12.2. The molecule has 0 saturated heterocycles. The van der Waals surface area contributed by atoms with Gasteiger partial charge in [-0.1, -0.05) is 28.1 Å². The normalized spacial score (nSPS) is 12.7. The first-order chi connectivity index (χ1) is 8.49. The Labute approximate surface area is 116 Å². The predicted molar refractivity (Wildman–Crippen MR) is 77.2 cm³/mol. The van der Waals surface area contributed by atoms with Gasteiger partial charge in [-0.2, -0.15) is 0 Å². The number of rotatable bonds is 5. The average molecular weight is 312 g/mol. The molecule has 1 atom stereocenters. The highest BCUT2D eigenvalue weighted by molar-refractivity contribution is 9.10. The number of nitrogens with one attached hydrogen (secondary N) is 1. The highest BCUT2D eigenvalue weighted by Crippen LogP contribution is 2.19.